The van der Waals surface area contributed by atoms with Crippen molar-refractivity contribution < 1.29 is 4.79 Å². The lowest BCUT2D eigenvalue weighted by Crippen LogP contribution is -2.04. The highest BCUT2D eigenvalue weighted by Crippen LogP contribution is 2.43. The van der Waals surface area contributed by atoms with Crippen LogP contribution >= 0.6 is 23.5 Å². The quantitative estimate of drug-likeness (QED) is 0.698. The Morgan fingerprint density at radius 3 is 2.45 bits per heavy atom. The molecule has 0 spiro atoms. The van der Waals surface area contributed by atoms with Crippen LogP contribution in [0.3, 0.4) is 0 Å². The van der Waals surface area contributed by atoms with Crippen molar-refractivity contribution in [1.29, 1.82) is 0 Å². The van der Waals surface area contributed by atoms with Gasteiger partial charge in [0.05, 0.1) is 0 Å². The maximum Gasteiger partial charge on any atom is 0.163 e. The van der Waals surface area contributed by atoms with Crippen LogP contribution in [0.15, 0.2) is 46.2 Å². The Bertz CT molecular complexity index is 525. The van der Waals surface area contributed by atoms with E-state index in [1.807, 2.05) is 37.6 Å². The molecule has 2 atom stereocenters. The van der Waals surface area contributed by atoms with Gasteiger partial charge in [0.25, 0.3) is 0 Å². The predicted molar refractivity (Wildman–Crippen MR) is 91.8 cm³/mol. The highest BCUT2D eigenvalue weighted by molar-refractivity contribution is 8.21. The van der Waals surface area contributed by atoms with Gasteiger partial charge < -0.3 is 0 Å². The maximum atomic E-state index is 12.4. The van der Waals surface area contributed by atoms with E-state index in [1.54, 1.807) is 23.5 Å². The molecule has 0 heterocycles. The molecule has 3 heteroatoms. The van der Waals surface area contributed by atoms with E-state index in [-0.39, 0.29) is 5.92 Å². The number of carbonyl (C=O) groups is 1. The fourth-order valence-electron chi connectivity index (χ4n) is 2.30. The summed E-state index contributed by atoms with van der Waals surface area (Å²) in [5, 5.41) is 0. The van der Waals surface area contributed by atoms with Crippen LogP contribution < -0.4 is 0 Å². The summed E-state index contributed by atoms with van der Waals surface area (Å²) >= 11 is 3.33. The smallest absolute Gasteiger partial charge is 0.163 e. The summed E-state index contributed by atoms with van der Waals surface area (Å²) in [6.45, 7) is 1.96. The molecular formula is C17H20OS2. The third-order valence-electron chi connectivity index (χ3n) is 3.56. The minimum absolute atomic E-state index is 0.198. The van der Waals surface area contributed by atoms with Crippen LogP contribution in [-0.2, 0) is 4.79 Å². The standard InChI is InChI=1S/C17H20OS2/c1-12(17(19-2)20-3)16(18)15-11-14(15)10-9-13-7-5-4-6-8-13/h4-10,14-15H,11H2,1-3H3/b10-9+/t14-,15-/m1/s1. The van der Waals surface area contributed by atoms with Crippen LogP contribution in [0.1, 0.15) is 18.9 Å². The van der Waals surface area contributed by atoms with Gasteiger partial charge in [-0.15, -0.1) is 23.5 Å². The number of ketones is 1. The normalized spacial score (nSPS) is 20.9. The van der Waals surface area contributed by atoms with Crippen molar-refractivity contribution in [1.82, 2.24) is 0 Å². The molecule has 0 amide bonds. The molecule has 1 fully saturated rings. The number of Topliss-reactive ketones (excluding diaryl/α,β-unsaturated/α-hetero) is 1. The first-order chi connectivity index (χ1) is 9.67. The first-order valence-corrected chi connectivity index (χ1v) is 9.18. The molecule has 1 saturated carbocycles. The number of hydrogen-bond acceptors (Lipinski definition) is 3. The van der Waals surface area contributed by atoms with Crippen molar-refractivity contribution in [2.45, 2.75) is 13.3 Å². The maximum absolute atomic E-state index is 12.4. The number of carbonyl (C=O) groups excluding carboxylic acids is 1. The van der Waals surface area contributed by atoms with Gasteiger partial charge in [0.15, 0.2) is 5.78 Å². The van der Waals surface area contributed by atoms with E-state index in [0.717, 1.165) is 16.2 Å². The average molecular weight is 304 g/mol. The van der Waals surface area contributed by atoms with Crippen molar-refractivity contribution >= 4 is 35.4 Å². The molecular weight excluding hydrogens is 284 g/mol. The van der Waals surface area contributed by atoms with Crippen LogP contribution in [-0.4, -0.2) is 18.3 Å². The highest BCUT2D eigenvalue weighted by Gasteiger charge is 2.41. The van der Waals surface area contributed by atoms with Crippen molar-refractivity contribution in [3.63, 3.8) is 0 Å². The van der Waals surface area contributed by atoms with Crippen LogP contribution in [0.2, 0.25) is 0 Å². The summed E-state index contributed by atoms with van der Waals surface area (Å²) in [5.41, 5.74) is 2.14. The van der Waals surface area contributed by atoms with Gasteiger partial charge in [0.1, 0.15) is 0 Å². The minimum Gasteiger partial charge on any atom is -0.294 e. The summed E-state index contributed by atoms with van der Waals surface area (Å²) in [7, 11) is 0. The van der Waals surface area contributed by atoms with Gasteiger partial charge in [-0.1, -0.05) is 42.5 Å². The zero-order chi connectivity index (χ0) is 14.5. The Hall–Kier alpha value is -0.930. The van der Waals surface area contributed by atoms with E-state index < -0.39 is 0 Å². The predicted octanol–water partition coefficient (Wildman–Crippen LogP) is 4.86. The molecule has 20 heavy (non-hydrogen) atoms. The summed E-state index contributed by atoms with van der Waals surface area (Å²) < 4.78 is 1.15. The molecule has 0 aromatic heterocycles. The van der Waals surface area contributed by atoms with E-state index in [4.69, 9.17) is 0 Å². The lowest BCUT2D eigenvalue weighted by atomic mass is 10.1. The number of hydrogen-bond donors (Lipinski definition) is 0. The SMILES string of the molecule is CSC(SC)=C(C)C(=O)[C@@H]1C[C@H]1/C=C/c1ccccc1. The molecule has 1 aromatic carbocycles. The number of benzene rings is 1. The van der Waals surface area contributed by atoms with E-state index in [0.29, 0.717) is 11.7 Å². The third kappa shape index (κ3) is 3.80. The second-order valence-corrected chi connectivity index (χ2v) is 6.85. The summed E-state index contributed by atoms with van der Waals surface area (Å²) in [5.74, 6) is 0.943. The third-order valence-corrected chi connectivity index (χ3v) is 5.91. The zero-order valence-corrected chi connectivity index (χ0v) is 13.8. The fourth-order valence-corrected chi connectivity index (χ4v) is 3.78. The van der Waals surface area contributed by atoms with Crippen molar-refractivity contribution in [3.8, 4) is 0 Å². The van der Waals surface area contributed by atoms with E-state index in [9.17, 15) is 4.79 Å². The number of allylic oxidation sites excluding steroid dienone is 2. The van der Waals surface area contributed by atoms with Gasteiger partial charge in [-0.3, -0.25) is 4.79 Å². The van der Waals surface area contributed by atoms with Crippen LogP contribution in [0.4, 0.5) is 0 Å². The first kappa shape index (κ1) is 15.5. The lowest BCUT2D eigenvalue weighted by Gasteiger charge is -2.05. The molecule has 0 saturated heterocycles. The molecule has 0 radical (unpaired) electrons. The topological polar surface area (TPSA) is 17.1 Å². The second kappa shape index (κ2) is 7.19. The minimum atomic E-state index is 0.198. The Balaban J connectivity index is 1.97. The van der Waals surface area contributed by atoms with Gasteiger partial charge >= 0.3 is 0 Å². The summed E-state index contributed by atoms with van der Waals surface area (Å²) in [6, 6.07) is 10.2. The van der Waals surface area contributed by atoms with Gasteiger partial charge in [-0.05, 0) is 37.3 Å². The van der Waals surface area contributed by atoms with Crippen molar-refractivity contribution in [3.05, 3.63) is 51.8 Å². The van der Waals surface area contributed by atoms with E-state index in [1.165, 1.54) is 5.56 Å². The number of thioether (sulfide) groups is 2. The molecule has 2 rings (SSSR count). The van der Waals surface area contributed by atoms with Crippen LogP contribution in [0.25, 0.3) is 6.08 Å². The molecule has 1 nitrogen and oxygen atoms in total. The average Bonchev–Trinajstić information content (AvgIpc) is 3.26. The number of rotatable bonds is 6. The van der Waals surface area contributed by atoms with Gasteiger partial charge in [0.2, 0.25) is 0 Å². The molecule has 1 aromatic rings. The Morgan fingerprint density at radius 2 is 1.85 bits per heavy atom. The molecule has 106 valence electrons. The largest absolute Gasteiger partial charge is 0.294 e. The van der Waals surface area contributed by atoms with Crippen LogP contribution in [0, 0.1) is 11.8 Å². The van der Waals surface area contributed by atoms with Crippen LogP contribution in [0.5, 0.6) is 0 Å². The molecule has 0 unspecified atom stereocenters. The first-order valence-electron chi connectivity index (χ1n) is 6.73. The zero-order valence-electron chi connectivity index (χ0n) is 12.1. The molecule has 1 aliphatic rings. The Kier molecular flexibility index (Phi) is 5.55. The highest BCUT2D eigenvalue weighted by atomic mass is 32.2. The van der Waals surface area contributed by atoms with Gasteiger partial charge in [0, 0.05) is 15.7 Å². The van der Waals surface area contributed by atoms with E-state index >= 15 is 0 Å². The Labute approximate surface area is 129 Å². The van der Waals surface area contributed by atoms with Gasteiger partial charge in [-0.25, -0.2) is 0 Å². The second-order valence-electron chi connectivity index (χ2n) is 4.96. The molecule has 0 N–H and O–H groups in total. The molecule has 1 aliphatic carbocycles. The van der Waals surface area contributed by atoms with Gasteiger partial charge in [-0.2, -0.15) is 0 Å². The summed E-state index contributed by atoms with van der Waals surface area (Å²) in [6.07, 6.45) is 9.37. The fraction of sp³-hybridized carbons (Fsp3) is 0.353. The molecule has 0 bridgehead atoms. The molecule has 0 aliphatic heterocycles. The monoisotopic (exact) mass is 304 g/mol. The van der Waals surface area contributed by atoms with E-state index in [2.05, 4.69) is 24.3 Å². The Morgan fingerprint density at radius 1 is 1.20 bits per heavy atom. The summed E-state index contributed by atoms with van der Waals surface area (Å²) in [4.78, 5) is 12.4. The lowest BCUT2D eigenvalue weighted by molar-refractivity contribution is -0.116. The van der Waals surface area contributed by atoms with Crippen molar-refractivity contribution in [2.75, 3.05) is 12.5 Å². The van der Waals surface area contributed by atoms with Crippen molar-refractivity contribution in [2.24, 2.45) is 11.8 Å².